The first-order chi connectivity index (χ1) is 19.6. The Balaban J connectivity index is 1.40. The highest BCUT2D eigenvalue weighted by Gasteiger charge is 2.52. The van der Waals surface area contributed by atoms with Gasteiger partial charge in [-0.05, 0) is 29.3 Å². The van der Waals surface area contributed by atoms with Gasteiger partial charge in [0.1, 0.15) is 17.1 Å². The zero-order chi connectivity index (χ0) is 29.2. The molecule has 218 valence electrons. The number of carbonyl (C=O) groups is 1. The lowest BCUT2D eigenvalue weighted by molar-refractivity contribution is 0.0890. The standard InChI is InChI=1S/C31H39ClN4O4Si/c1-22(40-41(31(3,4)5,24-12-8-6-9-13-24)25-14-10-7-11-15-25)20-26-23(2)36(30(37)39-26)28-21-27(32)33-29(34-28)35-16-18-38-19-17-35/h6-15,21-23,26H,16-20H2,1-5H3/t22-,23+,26+/m1/s1. The molecule has 8 nitrogen and oxygen atoms in total. The summed E-state index contributed by atoms with van der Waals surface area (Å²) in [6, 6.07) is 22.5. The number of carbonyl (C=O) groups excluding carboxylic acids is 1. The molecule has 0 bridgehead atoms. The monoisotopic (exact) mass is 594 g/mol. The number of ether oxygens (including phenoxy) is 2. The molecule has 3 atom stereocenters. The number of amides is 1. The van der Waals surface area contributed by atoms with Gasteiger partial charge in [-0.25, -0.2) is 9.78 Å². The predicted octanol–water partition coefficient (Wildman–Crippen LogP) is 5.04. The van der Waals surface area contributed by atoms with Crippen molar-refractivity contribution in [2.24, 2.45) is 0 Å². The van der Waals surface area contributed by atoms with Crippen molar-refractivity contribution in [3.63, 3.8) is 0 Å². The van der Waals surface area contributed by atoms with Crippen LogP contribution < -0.4 is 20.2 Å². The Morgan fingerprint density at radius 2 is 1.61 bits per heavy atom. The van der Waals surface area contributed by atoms with Gasteiger partial charge in [0, 0.05) is 31.7 Å². The van der Waals surface area contributed by atoms with Gasteiger partial charge in [0.05, 0.1) is 19.3 Å². The SMILES string of the molecule is C[C@H](C[C@@H]1OC(=O)N(c2cc(Cl)nc(N3CCOCC3)n2)[C@H]1C)O[Si](c1ccccc1)(c1ccccc1)C(C)(C)C. The van der Waals surface area contributed by atoms with E-state index in [-0.39, 0.29) is 28.4 Å². The highest BCUT2D eigenvalue weighted by atomic mass is 35.5. The number of benzene rings is 2. The Kier molecular flexibility index (Phi) is 8.70. The Bertz CT molecular complexity index is 1300. The molecule has 0 radical (unpaired) electrons. The van der Waals surface area contributed by atoms with Crippen LogP contribution in [0.5, 0.6) is 0 Å². The van der Waals surface area contributed by atoms with Gasteiger partial charge in [0.2, 0.25) is 5.95 Å². The maximum atomic E-state index is 13.2. The second kappa shape index (κ2) is 12.1. The molecule has 3 aromatic rings. The van der Waals surface area contributed by atoms with Crippen LogP contribution in [0.1, 0.15) is 41.0 Å². The third-order valence-electron chi connectivity index (χ3n) is 7.96. The number of hydrogen-bond donors (Lipinski definition) is 0. The van der Waals surface area contributed by atoms with Crippen molar-refractivity contribution in [1.82, 2.24) is 9.97 Å². The van der Waals surface area contributed by atoms with Crippen molar-refractivity contribution >= 4 is 48.2 Å². The molecule has 1 amide bonds. The summed E-state index contributed by atoms with van der Waals surface area (Å²) in [6.07, 6.45) is -0.457. The fourth-order valence-corrected chi connectivity index (χ4v) is 10.8. The first kappa shape index (κ1) is 29.5. The van der Waals surface area contributed by atoms with Crippen LogP contribution in [0.3, 0.4) is 0 Å². The smallest absolute Gasteiger partial charge is 0.416 e. The highest BCUT2D eigenvalue weighted by molar-refractivity contribution is 6.99. The van der Waals surface area contributed by atoms with Crippen LogP contribution >= 0.6 is 11.6 Å². The maximum Gasteiger partial charge on any atom is 0.416 e. The van der Waals surface area contributed by atoms with E-state index in [1.54, 1.807) is 11.0 Å². The molecule has 0 aliphatic carbocycles. The quantitative estimate of drug-likeness (QED) is 0.267. The number of hydrogen-bond acceptors (Lipinski definition) is 7. The molecule has 2 aliphatic rings. The third-order valence-corrected chi connectivity index (χ3v) is 13.3. The zero-order valence-electron chi connectivity index (χ0n) is 24.4. The number of nitrogens with zero attached hydrogens (tertiary/aromatic N) is 4. The predicted molar refractivity (Wildman–Crippen MR) is 165 cm³/mol. The number of anilines is 2. The van der Waals surface area contributed by atoms with E-state index >= 15 is 0 Å². The molecule has 2 saturated heterocycles. The largest absolute Gasteiger partial charge is 0.443 e. The minimum absolute atomic E-state index is 0.151. The highest BCUT2D eigenvalue weighted by Crippen LogP contribution is 2.39. The van der Waals surface area contributed by atoms with Crippen LogP contribution in [-0.2, 0) is 13.9 Å². The van der Waals surface area contributed by atoms with E-state index in [2.05, 4.69) is 81.2 Å². The van der Waals surface area contributed by atoms with Crippen LogP contribution in [0.2, 0.25) is 10.2 Å². The molecule has 2 fully saturated rings. The second-order valence-electron chi connectivity index (χ2n) is 11.8. The summed E-state index contributed by atoms with van der Waals surface area (Å²) < 4.78 is 18.6. The molecule has 3 heterocycles. The number of rotatable bonds is 8. The lowest BCUT2D eigenvalue weighted by Gasteiger charge is -2.45. The topological polar surface area (TPSA) is 77.0 Å². The molecular formula is C31H39ClN4O4Si. The molecule has 41 heavy (non-hydrogen) atoms. The molecule has 0 N–H and O–H groups in total. The molecule has 0 unspecified atom stereocenters. The van der Waals surface area contributed by atoms with E-state index in [1.165, 1.54) is 10.4 Å². The minimum atomic E-state index is -2.75. The average Bonchev–Trinajstić information content (AvgIpc) is 3.24. The van der Waals surface area contributed by atoms with E-state index in [9.17, 15) is 4.79 Å². The van der Waals surface area contributed by atoms with Gasteiger partial charge in [0.15, 0.2) is 0 Å². The fraction of sp³-hybridized carbons (Fsp3) is 0.452. The van der Waals surface area contributed by atoms with Crippen LogP contribution in [0.25, 0.3) is 0 Å². The number of cyclic esters (lactones) is 1. The van der Waals surface area contributed by atoms with Gasteiger partial charge in [-0.15, -0.1) is 0 Å². The van der Waals surface area contributed by atoms with Crippen molar-refractivity contribution in [3.8, 4) is 0 Å². The molecule has 5 rings (SSSR count). The van der Waals surface area contributed by atoms with Gasteiger partial charge < -0.3 is 18.8 Å². The second-order valence-corrected chi connectivity index (χ2v) is 16.4. The van der Waals surface area contributed by atoms with Crippen LogP contribution in [0.15, 0.2) is 66.7 Å². The average molecular weight is 595 g/mol. The van der Waals surface area contributed by atoms with Crippen molar-refractivity contribution < 1.29 is 18.7 Å². The summed E-state index contributed by atoms with van der Waals surface area (Å²) in [4.78, 5) is 25.9. The normalized spacial score (nSPS) is 20.7. The number of morpholine rings is 1. The first-order valence-corrected chi connectivity index (χ1v) is 16.5. The minimum Gasteiger partial charge on any atom is -0.443 e. The Hall–Kier alpha value is -2.98. The van der Waals surface area contributed by atoms with Crippen molar-refractivity contribution in [2.75, 3.05) is 36.1 Å². The zero-order valence-corrected chi connectivity index (χ0v) is 26.2. The van der Waals surface area contributed by atoms with Crippen LogP contribution in [0, 0.1) is 0 Å². The summed E-state index contributed by atoms with van der Waals surface area (Å²) in [5.74, 6) is 0.926. The van der Waals surface area contributed by atoms with Gasteiger partial charge in [-0.2, -0.15) is 4.98 Å². The van der Waals surface area contributed by atoms with Gasteiger partial charge in [-0.3, -0.25) is 4.90 Å². The van der Waals surface area contributed by atoms with Crippen LogP contribution in [-0.4, -0.2) is 68.9 Å². The Morgan fingerprint density at radius 1 is 1.02 bits per heavy atom. The van der Waals surface area contributed by atoms with Gasteiger partial charge in [-0.1, -0.05) is 93.0 Å². The van der Waals surface area contributed by atoms with E-state index in [0.717, 1.165) is 0 Å². The summed E-state index contributed by atoms with van der Waals surface area (Å²) in [7, 11) is -2.75. The molecule has 2 aliphatic heterocycles. The fourth-order valence-electron chi connectivity index (χ4n) is 5.96. The number of aromatic nitrogens is 2. The first-order valence-electron chi connectivity index (χ1n) is 14.3. The molecule has 1 aromatic heterocycles. The molecule has 10 heteroatoms. The van der Waals surface area contributed by atoms with E-state index in [4.69, 9.17) is 30.5 Å². The third kappa shape index (κ3) is 5.99. The molecular weight excluding hydrogens is 556 g/mol. The molecule has 0 spiro atoms. The maximum absolute atomic E-state index is 13.2. The van der Waals surface area contributed by atoms with Gasteiger partial charge in [0.25, 0.3) is 8.32 Å². The summed E-state index contributed by atoms with van der Waals surface area (Å²) in [6.45, 7) is 13.4. The lowest BCUT2D eigenvalue weighted by atomic mass is 10.1. The Labute approximate surface area is 248 Å². The Morgan fingerprint density at radius 3 is 2.17 bits per heavy atom. The van der Waals surface area contributed by atoms with Crippen LogP contribution in [0.4, 0.5) is 16.6 Å². The van der Waals surface area contributed by atoms with Gasteiger partial charge >= 0.3 is 6.09 Å². The summed E-state index contributed by atoms with van der Waals surface area (Å²) in [5.41, 5.74) is 0. The van der Waals surface area contributed by atoms with Crippen molar-refractivity contribution in [2.45, 2.75) is 64.3 Å². The summed E-state index contributed by atoms with van der Waals surface area (Å²) >= 11 is 6.39. The van der Waals surface area contributed by atoms with E-state index in [0.29, 0.717) is 44.5 Å². The molecule has 0 saturated carbocycles. The number of halogens is 1. The lowest BCUT2D eigenvalue weighted by Crippen LogP contribution is -2.67. The van der Waals surface area contributed by atoms with E-state index < -0.39 is 14.4 Å². The van der Waals surface area contributed by atoms with E-state index in [1.807, 2.05) is 24.0 Å². The summed E-state index contributed by atoms with van der Waals surface area (Å²) in [5, 5.41) is 2.56. The van der Waals surface area contributed by atoms with Crippen molar-refractivity contribution in [3.05, 3.63) is 71.9 Å². The van der Waals surface area contributed by atoms with Crippen molar-refractivity contribution in [1.29, 1.82) is 0 Å². The molecule has 2 aromatic carbocycles.